The molecule has 0 aliphatic carbocycles. The molecule has 1 aliphatic rings. The Bertz CT molecular complexity index is 700. The molecular formula is C15H19ClN4O. The van der Waals surface area contributed by atoms with Gasteiger partial charge in [0.1, 0.15) is 5.82 Å². The van der Waals surface area contributed by atoms with Gasteiger partial charge in [0.25, 0.3) is 5.56 Å². The molecule has 0 radical (unpaired) electrons. The second-order valence-corrected chi connectivity index (χ2v) is 6.09. The predicted octanol–water partition coefficient (Wildman–Crippen LogP) is 1.75. The summed E-state index contributed by atoms with van der Waals surface area (Å²) in [6, 6.07) is 5.19. The molecule has 112 valence electrons. The standard InChI is InChI=1S/C15H19ClN4O/c16-11-3-4-13-12(6-11)15(21)19-14(18-13)9-20-5-1-2-10(7-17)8-20/h3-4,6,10H,1-2,5,7-9,17H2,(H,18,19,21). The van der Waals surface area contributed by atoms with Crippen LogP contribution >= 0.6 is 11.6 Å². The molecule has 1 fully saturated rings. The van der Waals surface area contributed by atoms with Crippen LogP contribution in [0, 0.1) is 5.92 Å². The summed E-state index contributed by atoms with van der Waals surface area (Å²) < 4.78 is 0. The van der Waals surface area contributed by atoms with Crippen LogP contribution in [0.3, 0.4) is 0 Å². The van der Waals surface area contributed by atoms with Gasteiger partial charge in [0, 0.05) is 11.6 Å². The lowest BCUT2D eigenvalue weighted by molar-refractivity contribution is 0.167. The summed E-state index contributed by atoms with van der Waals surface area (Å²) in [4.78, 5) is 21.8. The minimum Gasteiger partial charge on any atom is -0.330 e. The molecule has 3 rings (SSSR count). The van der Waals surface area contributed by atoms with Crippen LogP contribution in [0.4, 0.5) is 0 Å². The van der Waals surface area contributed by atoms with Crippen molar-refractivity contribution in [2.24, 2.45) is 11.7 Å². The molecule has 3 N–H and O–H groups in total. The Kier molecular flexibility index (Phi) is 4.24. The highest BCUT2D eigenvalue weighted by Crippen LogP contribution is 2.18. The maximum absolute atomic E-state index is 12.1. The van der Waals surface area contributed by atoms with Crippen LogP contribution in [-0.4, -0.2) is 34.5 Å². The molecule has 2 aromatic rings. The van der Waals surface area contributed by atoms with Gasteiger partial charge in [0.05, 0.1) is 17.4 Å². The first-order valence-corrected chi connectivity index (χ1v) is 7.64. The Morgan fingerprint density at radius 3 is 3.14 bits per heavy atom. The zero-order chi connectivity index (χ0) is 14.8. The molecule has 1 aliphatic heterocycles. The zero-order valence-corrected chi connectivity index (χ0v) is 12.6. The van der Waals surface area contributed by atoms with Gasteiger partial charge in [-0.3, -0.25) is 9.69 Å². The largest absolute Gasteiger partial charge is 0.330 e. The van der Waals surface area contributed by atoms with Crippen LogP contribution in [-0.2, 0) is 6.54 Å². The zero-order valence-electron chi connectivity index (χ0n) is 11.8. The van der Waals surface area contributed by atoms with Crippen molar-refractivity contribution in [2.45, 2.75) is 19.4 Å². The normalized spacial score (nSPS) is 20.0. The van der Waals surface area contributed by atoms with E-state index in [0.717, 1.165) is 26.1 Å². The number of likely N-dealkylation sites (tertiary alicyclic amines) is 1. The fourth-order valence-electron chi connectivity index (χ4n) is 2.93. The minimum atomic E-state index is -0.134. The molecule has 0 amide bonds. The molecule has 1 unspecified atom stereocenters. The van der Waals surface area contributed by atoms with Gasteiger partial charge in [0.2, 0.25) is 0 Å². The van der Waals surface area contributed by atoms with Crippen molar-refractivity contribution in [3.05, 3.63) is 39.4 Å². The molecule has 0 spiro atoms. The second kappa shape index (κ2) is 6.13. The predicted molar refractivity (Wildman–Crippen MR) is 84.4 cm³/mol. The van der Waals surface area contributed by atoms with E-state index in [0.29, 0.717) is 34.2 Å². The Balaban J connectivity index is 1.84. The molecule has 2 heterocycles. The third kappa shape index (κ3) is 3.26. The Morgan fingerprint density at radius 1 is 1.48 bits per heavy atom. The Hall–Kier alpha value is -1.43. The minimum absolute atomic E-state index is 0.134. The highest BCUT2D eigenvalue weighted by molar-refractivity contribution is 6.31. The average molecular weight is 307 g/mol. The molecule has 21 heavy (non-hydrogen) atoms. The topological polar surface area (TPSA) is 75.0 Å². The number of aromatic amines is 1. The van der Waals surface area contributed by atoms with E-state index in [4.69, 9.17) is 17.3 Å². The van der Waals surface area contributed by atoms with E-state index in [9.17, 15) is 4.79 Å². The fraction of sp³-hybridized carbons (Fsp3) is 0.467. The van der Waals surface area contributed by atoms with E-state index in [2.05, 4.69) is 14.9 Å². The van der Waals surface area contributed by atoms with E-state index < -0.39 is 0 Å². The lowest BCUT2D eigenvalue weighted by atomic mass is 9.98. The molecule has 6 heteroatoms. The molecule has 1 aromatic carbocycles. The maximum Gasteiger partial charge on any atom is 0.258 e. The van der Waals surface area contributed by atoms with Gasteiger partial charge in [0.15, 0.2) is 0 Å². The summed E-state index contributed by atoms with van der Waals surface area (Å²) in [6.07, 6.45) is 2.34. The smallest absolute Gasteiger partial charge is 0.258 e. The molecule has 5 nitrogen and oxygen atoms in total. The average Bonchev–Trinajstić information content (AvgIpc) is 2.48. The van der Waals surface area contributed by atoms with Crippen molar-refractivity contribution in [1.82, 2.24) is 14.9 Å². The summed E-state index contributed by atoms with van der Waals surface area (Å²) in [6.45, 7) is 3.37. The number of H-pyrrole nitrogens is 1. The first-order valence-electron chi connectivity index (χ1n) is 7.26. The summed E-state index contributed by atoms with van der Waals surface area (Å²) in [5.41, 5.74) is 6.31. The molecule has 1 aromatic heterocycles. The number of halogens is 1. The van der Waals surface area contributed by atoms with Crippen molar-refractivity contribution >= 4 is 22.5 Å². The van der Waals surface area contributed by atoms with Crippen LogP contribution in [0.15, 0.2) is 23.0 Å². The number of nitrogens with zero attached hydrogens (tertiary/aromatic N) is 2. The number of hydrogen-bond acceptors (Lipinski definition) is 4. The number of nitrogens with one attached hydrogen (secondary N) is 1. The number of fused-ring (bicyclic) bond motifs is 1. The highest BCUT2D eigenvalue weighted by atomic mass is 35.5. The number of rotatable bonds is 3. The molecular weight excluding hydrogens is 288 g/mol. The SMILES string of the molecule is NCC1CCCN(Cc2nc3ccc(Cl)cc3c(=O)[nH]2)C1. The molecule has 0 bridgehead atoms. The van der Waals surface area contributed by atoms with Crippen LogP contribution in [0.1, 0.15) is 18.7 Å². The van der Waals surface area contributed by atoms with E-state index in [-0.39, 0.29) is 5.56 Å². The molecule has 1 atom stereocenters. The fourth-order valence-corrected chi connectivity index (χ4v) is 3.11. The number of piperidine rings is 1. The van der Waals surface area contributed by atoms with Crippen LogP contribution < -0.4 is 11.3 Å². The number of hydrogen-bond donors (Lipinski definition) is 2. The van der Waals surface area contributed by atoms with Crippen molar-refractivity contribution < 1.29 is 0 Å². The van der Waals surface area contributed by atoms with Crippen LogP contribution in [0.2, 0.25) is 5.02 Å². The van der Waals surface area contributed by atoms with Crippen molar-refractivity contribution in [3.8, 4) is 0 Å². The van der Waals surface area contributed by atoms with Gasteiger partial charge in [-0.25, -0.2) is 4.98 Å². The summed E-state index contributed by atoms with van der Waals surface area (Å²) in [5, 5.41) is 1.08. The summed E-state index contributed by atoms with van der Waals surface area (Å²) in [7, 11) is 0. The maximum atomic E-state index is 12.1. The van der Waals surface area contributed by atoms with Gasteiger partial charge in [-0.2, -0.15) is 0 Å². The molecule has 0 saturated carbocycles. The quantitative estimate of drug-likeness (QED) is 0.906. The summed E-state index contributed by atoms with van der Waals surface area (Å²) >= 11 is 5.92. The Labute approximate surface area is 128 Å². The van der Waals surface area contributed by atoms with E-state index >= 15 is 0 Å². The number of aromatic nitrogens is 2. The van der Waals surface area contributed by atoms with Crippen molar-refractivity contribution in [3.63, 3.8) is 0 Å². The van der Waals surface area contributed by atoms with Gasteiger partial charge in [-0.1, -0.05) is 11.6 Å². The van der Waals surface area contributed by atoms with Gasteiger partial charge < -0.3 is 10.7 Å². The van der Waals surface area contributed by atoms with E-state index in [1.165, 1.54) is 6.42 Å². The monoisotopic (exact) mass is 306 g/mol. The lowest BCUT2D eigenvalue weighted by Crippen LogP contribution is -2.38. The molecule has 1 saturated heterocycles. The van der Waals surface area contributed by atoms with Crippen molar-refractivity contribution in [2.75, 3.05) is 19.6 Å². The van der Waals surface area contributed by atoms with Gasteiger partial charge >= 0.3 is 0 Å². The lowest BCUT2D eigenvalue weighted by Gasteiger charge is -2.31. The Morgan fingerprint density at radius 2 is 2.33 bits per heavy atom. The van der Waals surface area contributed by atoms with E-state index in [1.54, 1.807) is 18.2 Å². The number of benzene rings is 1. The van der Waals surface area contributed by atoms with Gasteiger partial charge in [-0.15, -0.1) is 0 Å². The van der Waals surface area contributed by atoms with Crippen molar-refractivity contribution in [1.29, 1.82) is 0 Å². The third-order valence-electron chi connectivity index (χ3n) is 4.03. The van der Waals surface area contributed by atoms with Crippen LogP contribution in [0.5, 0.6) is 0 Å². The third-order valence-corrected chi connectivity index (χ3v) is 4.26. The highest BCUT2D eigenvalue weighted by Gasteiger charge is 2.19. The van der Waals surface area contributed by atoms with Crippen LogP contribution in [0.25, 0.3) is 10.9 Å². The first-order chi connectivity index (χ1) is 10.2. The van der Waals surface area contributed by atoms with E-state index in [1.807, 2.05) is 0 Å². The second-order valence-electron chi connectivity index (χ2n) is 5.65. The first kappa shape index (κ1) is 14.5. The number of nitrogens with two attached hydrogens (primary N) is 1. The van der Waals surface area contributed by atoms with Gasteiger partial charge in [-0.05, 0) is 50.0 Å². The summed E-state index contributed by atoms with van der Waals surface area (Å²) in [5.74, 6) is 1.25.